The molecule has 0 fully saturated rings. The zero-order chi connectivity index (χ0) is 20.5. The topological polar surface area (TPSA) is 81.0 Å². The number of carbonyl (C=O) groups is 2. The number of nitrogens with one attached hydrogen (secondary N) is 1. The molecule has 2 aliphatic heterocycles. The number of fused-ring (bicyclic) bond motifs is 2. The number of rotatable bonds is 3. The lowest BCUT2D eigenvalue weighted by molar-refractivity contribution is -0.121. The zero-order valence-electron chi connectivity index (χ0n) is 16.2. The molecule has 1 aromatic heterocycles. The second-order valence-corrected chi connectivity index (χ2v) is 7.25. The Hall–Kier alpha value is -3.74. The normalized spacial score (nSPS) is 17.2. The third-order valence-electron chi connectivity index (χ3n) is 5.35. The summed E-state index contributed by atoms with van der Waals surface area (Å²) in [6.45, 7) is 1.31. The highest BCUT2D eigenvalue weighted by Crippen LogP contribution is 2.33. The van der Waals surface area contributed by atoms with Crippen LogP contribution in [0, 0.1) is 0 Å². The van der Waals surface area contributed by atoms with Crippen LogP contribution in [0.4, 0.5) is 5.69 Å². The van der Waals surface area contributed by atoms with E-state index in [4.69, 9.17) is 13.9 Å². The third-order valence-corrected chi connectivity index (χ3v) is 5.35. The molecule has 152 valence electrons. The number of nitrogens with zero attached hydrogens (tertiary/aromatic N) is 1. The smallest absolute Gasteiger partial charge is 0.290 e. The fourth-order valence-corrected chi connectivity index (χ4v) is 3.86. The summed E-state index contributed by atoms with van der Waals surface area (Å²) in [6, 6.07) is 15.7. The summed E-state index contributed by atoms with van der Waals surface area (Å²) in [4.78, 5) is 27.8. The van der Waals surface area contributed by atoms with Crippen molar-refractivity contribution in [2.24, 2.45) is 0 Å². The molecule has 0 aliphatic carbocycles. The van der Waals surface area contributed by atoms with Crippen molar-refractivity contribution < 1.29 is 23.5 Å². The lowest BCUT2D eigenvalue weighted by atomic mass is 9.93. The van der Waals surface area contributed by atoms with Crippen LogP contribution in [0.5, 0.6) is 11.5 Å². The van der Waals surface area contributed by atoms with Crippen LogP contribution >= 0.6 is 0 Å². The number of ether oxygens (including phenoxy) is 2. The van der Waals surface area contributed by atoms with E-state index in [1.165, 1.54) is 6.26 Å². The molecular formula is C23H20N2O5. The fraction of sp³-hybridized carbons (Fsp3) is 0.217. The summed E-state index contributed by atoms with van der Waals surface area (Å²) in [5.41, 5.74) is 2.68. The largest absolute Gasteiger partial charge is 0.486 e. The van der Waals surface area contributed by atoms with Gasteiger partial charge in [0, 0.05) is 24.7 Å². The molecule has 1 atom stereocenters. The first-order valence-electron chi connectivity index (χ1n) is 9.81. The molecular weight excluding hydrogens is 384 g/mol. The Morgan fingerprint density at radius 1 is 0.933 bits per heavy atom. The van der Waals surface area contributed by atoms with Gasteiger partial charge in [0.1, 0.15) is 19.3 Å². The molecule has 3 heterocycles. The second-order valence-electron chi connectivity index (χ2n) is 7.25. The molecule has 2 aromatic carbocycles. The molecule has 3 aromatic rings. The molecule has 7 nitrogen and oxygen atoms in total. The Bertz CT molecular complexity index is 1090. The van der Waals surface area contributed by atoms with E-state index < -0.39 is 6.04 Å². The summed E-state index contributed by atoms with van der Waals surface area (Å²) >= 11 is 0. The Morgan fingerprint density at radius 3 is 2.53 bits per heavy atom. The number of amides is 2. The molecule has 0 saturated heterocycles. The first-order valence-corrected chi connectivity index (χ1v) is 9.81. The Kier molecular flexibility index (Phi) is 4.63. The Morgan fingerprint density at radius 2 is 1.73 bits per heavy atom. The van der Waals surface area contributed by atoms with E-state index in [0.717, 1.165) is 11.1 Å². The summed E-state index contributed by atoms with van der Waals surface area (Å²) in [7, 11) is 0. The highest BCUT2D eigenvalue weighted by atomic mass is 16.6. The van der Waals surface area contributed by atoms with Crippen molar-refractivity contribution in [2.45, 2.75) is 19.0 Å². The Balaban J connectivity index is 1.42. The van der Waals surface area contributed by atoms with E-state index >= 15 is 0 Å². The molecule has 2 amide bonds. The van der Waals surface area contributed by atoms with E-state index in [9.17, 15) is 9.59 Å². The van der Waals surface area contributed by atoms with E-state index in [-0.39, 0.29) is 17.6 Å². The van der Waals surface area contributed by atoms with E-state index in [1.807, 2.05) is 24.3 Å². The minimum atomic E-state index is -0.661. The van der Waals surface area contributed by atoms with Gasteiger partial charge in [-0.25, -0.2) is 0 Å². The van der Waals surface area contributed by atoms with E-state index in [2.05, 4.69) is 5.32 Å². The minimum absolute atomic E-state index is 0.214. The van der Waals surface area contributed by atoms with Gasteiger partial charge in [-0.15, -0.1) is 0 Å². The third kappa shape index (κ3) is 3.39. The van der Waals surface area contributed by atoms with Gasteiger partial charge < -0.3 is 24.1 Å². The zero-order valence-corrected chi connectivity index (χ0v) is 16.2. The van der Waals surface area contributed by atoms with Gasteiger partial charge in [-0.3, -0.25) is 9.59 Å². The van der Waals surface area contributed by atoms with Crippen molar-refractivity contribution in [2.75, 3.05) is 18.5 Å². The maximum atomic E-state index is 13.2. The maximum Gasteiger partial charge on any atom is 0.290 e. The van der Waals surface area contributed by atoms with Crippen molar-refractivity contribution in [3.05, 3.63) is 77.7 Å². The molecule has 0 spiro atoms. The van der Waals surface area contributed by atoms with Gasteiger partial charge in [-0.05, 0) is 35.4 Å². The number of hydrogen-bond donors (Lipinski definition) is 1. The maximum absolute atomic E-state index is 13.2. The monoisotopic (exact) mass is 404 g/mol. The highest BCUT2D eigenvalue weighted by Gasteiger charge is 2.36. The quantitative estimate of drug-likeness (QED) is 0.725. The van der Waals surface area contributed by atoms with Gasteiger partial charge >= 0.3 is 0 Å². The molecule has 1 N–H and O–H groups in total. The molecule has 0 radical (unpaired) electrons. The first-order chi connectivity index (χ1) is 14.7. The van der Waals surface area contributed by atoms with Gasteiger partial charge in [-0.1, -0.05) is 24.3 Å². The van der Waals surface area contributed by atoms with Crippen LogP contribution in [0.15, 0.2) is 65.3 Å². The molecule has 0 saturated carbocycles. The van der Waals surface area contributed by atoms with Gasteiger partial charge in [-0.2, -0.15) is 0 Å². The van der Waals surface area contributed by atoms with Crippen LogP contribution in [0.25, 0.3) is 0 Å². The number of carbonyl (C=O) groups excluding carboxylic acids is 2. The minimum Gasteiger partial charge on any atom is -0.486 e. The predicted molar refractivity (Wildman–Crippen MR) is 109 cm³/mol. The molecule has 7 heteroatoms. The van der Waals surface area contributed by atoms with E-state index in [0.29, 0.717) is 43.4 Å². The number of benzene rings is 2. The van der Waals surface area contributed by atoms with Gasteiger partial charge in [0.2, 0.25) is 5.91 Å². The number of furan rings is 1. The summed E-state index contributed by atoms with van der Waals surface area (Å²) < 4.78 is 16.4. The molecule has 1 unspecified atom stereocenters. The molecule has 2 aliphatic rings. The van der Waals surface area contributed by atoms with Crippen LogP contribution in [0.2, 0.25) is 0 Å². The number of hydrogen-bond acceptors (Lipinski definition) is 5. The molecule has 30 heavy (non-hydrogen) atoms. The van der Waals surface area contributed by atoms with Crippen LogP contribution in [-0.2, 0) is 17.8 Å². The van der Waals surface area contributed by atoms with Crippen LogP contribution in [0.1, 0.15) is 21.7 Å². The van der Waals surface area contributed by atoms with E-state index in [1.54, 1.807) is 35.2 Å². The highest BCUT2D eigenvalue weighted by molar-refractivity contribution is 6.00. The average molecular weight is 404 g/mol. The fourth-order valence-electron chi connectivity index (χ4n) is 3.86. The summed E-state index contributed by atoms with van der Waals surface area (Å²) in [5, 5.41) is 2.92. The van der Waals surface area contributed by atoms with Crippen molar-refractivity contribution in [1.82, 2.24) is 4.90 Å². The SMILES string of the molecule is O=C(Nc1ccc2c(c1)OCCO2)C1Cc2ccccc2CN1C(=O)c1ccco1. The Labute approximate surface area is 173 Å². The lowest BCUT2D eigenvalue weighted by Crippen LogP contribution is -2.50. The molecule has 5 rings (SSSR count). The van der Waals surface area contributed by atoms with Crippen molar-refractivity contribution in [3.8, 4) is 11.5 Å². The second kappa shape index (κ2) is 7.59. The van der Waals surface area contributed by atoms with Gasteiger partial charge in [0.25, 0.3) is 5.91 Å². The van der Waals surface area contributed by atoms with Crippen LogP contribution in [0.3, 0.4) is 0 Å². The van der Waals surface area contributed by atoms with Crippen molar-refractivity contribution in [1.29, 1.82) is 0 Å². The predicted octanol–water partition coefficient (Wildman–Crippen LogP) is 3.26. The number of anilines is 1. The van der Waals surface area contributed by atoms with Crippen LogP contribution in [-0.4, -0.2) is 36.0 Å². The average Bonchev–Trinajstić information content (AvgIpc) is 3.32. The van der Waals surface area contributed by atoms with Gasteiger partial charge in [0.05, 0.1) is 6.26 Å². The standard InChI is InChI=1S/C23H20N2O5/c26-22(24-17-7-8-19-21(13-17)30-11-10-29-19)18-12-15-4-1-2-5-16(15)14-25(18)23(27)20-6-3-9-28-20/h1-9,13,18H,10-12,14H2,(H,24,26). The first kappa shape index (κ1) is 18.3. The summed E-state index contributed by atoms with van der Waals surface area (Å²) in [5.74, 6) is 0.890. The van der Waals surface area contributed by atoms with Gasteiger partial charge in [0.15, 0.2) is 17.3 Å². The van der Waals surface area contributed by atoms with Crippen LogP contribution < -0.4 is 14.8 Å². The lowest BCUT2D eigenvalue weighted by Gasteiger charge is -2.35. The summed E-state index contributed by atoms with van der Waals surface area (Å²) in [6.07, 6.45) is 1.88. The molecule has 0 bridgehead atoms. The van der Waals surface area contributed by atoms with Crippen molar-refractivity contribution in [3.63, 3.8) is 0 Å². The van der Waals surface area contributed by atoms with Crippen molar-refractivity contribution >= 4 is 17.5 Å².